The summed E-state index contributed by atoms with van der Waals surface area (Å²) >= 11 is 12.3. The van der Waals surface area contributed by atoms with E-state index in [0.29, 0.717) is 42.3 Å². The van der Waals surface area contributed by atoms with Gasteiger partial charge in [-0.3, -0.25) is 19.2 Å². The summed E-state index contributed by atoms with van der Waals surface area (Å²) in [5.41, 5.74) is 8.24. The molecule has 4 atom stereocenters. The van der Waals surface area contributed by atoms with E-state index < -0.39 is 36.0 Å². The zero-order valence-electron chi connectivity index (χ0n) is 30.0. The van der Waals surface area contributed by atoms with Crippen molar-refractivity contribution in [2.75, 3.05) is 6.54 Å². The molecule has 11 heteroatoms. The van der Waals surface area contributed by atoms with Crippen molar-refractivity contribution in [2.45, 2.75) is 83.5 Å². The van der Waals surface area contributed by atoms with Crippen LogP contribution in [0.25, 0.3) is 10.8 Å². The van der Waals surface area contributed by atoms with E-state index in [0.717, 1.165) is 27.5 Å². The van der Waals surface area contributed by atoms with E-state index in [1.165, 1.54) is 0 Å². The van der Waals surface area contributed by atoms with Gasteiger partial charge in [0.2, 0.25) is 23.6 Å². The topological polar surface area (TPSA) is 142 Å². The zero-order valence-corrected chi connectivity index (χ0v) is 31.5. The van der Waals surface area contributed by atoms with Crippen LogP contribution in [0.1, 0.15) is 75.6 Å². The molecule has 4 aromatic rings. The summed E-state index contributed by atoms with van der Waals surface area (Å²) in [6.07, 6.45) is 2.60. The Balaban J connectivity index is 1.56. The predicted octanol–water partition coefficient (Wildman–Crippen LogP) is 6.63. The number of amides is 4. The third kappa shape index (κ3) is 11.5. The van der Waals surface area contributed by atoms with E-state index in [-0.39, 0.29) is 30.6 Å². The zero-order chi connectivity index (χ0) is 37.6. The molecule has 0 aliphatic rings. The highest BCUT2D eigenvalue weighted by Gasteiger charge is 2.33. The Hall–Kier alpha value is -4.44. The number of hydrogen-bond donors (Lipinski definition) is 5. The molecule has 0 saturated heterocycles. The van der Waals surface area contributed by atoms with Gasteiger partial charge in [0.05, 0.1) is 6.04 Å². The summed E-state index contributed by atoms with van der Waals surface area (Å²) in [7, 11) is 0. The first-order chi connectivity index (χ1) is 25.0. The summed E-state index contributed by atoms with van der Waals surface area (Å²) in [6.45, 7) is 5.95. The average Bonchev–Trinajstić information content (AvgIpc) is 3.15. The van der Waals surface area contributed by atoms with Crippen LogP contribution in [0.4, 0.5) is 0 Å². The Morgan fingerprint density at radius 1 is 0.673 bits per heavy atom. The lowest BCUT2D eigenvalue weighted by molar-refractivity contribution is -0.134. The van der Waals surface area contributed by atoms with E-state index in [1.807, 2.05) is 80.6 Å². The van der Waals surface area contributed by atoms with Crippen LogP contribution in [0, 0.1) is 5.92 Å². The maximum atomic E-state index is 14.1. The largest absolute Gasteiger partial charge is 0.344 e. The number of benzene rings is 4. The molecule has 0 spiro atoms. The van der Waals surface area contributed by atoms with E-state index >= 15 is 0 Å². The third-order valence-electron chi connectivity index (χ3n) is 9.29. The second-order valence-electron chi connectivity index (χ2n) is 13.1. The Morgan fingerprint density at radius 3 is 1.85 bits per heavy atom. The maximum Gasteiger partial charge on any atom is 0.243 e. The molecule has 4 aromatic carbocycles. The molecular formula is C41H49Cl2N5O4. The van der Waals surface area contributed by atoms with Gasteiger partial charge in [0.15, 0.2) is 0 Å². The van der Waals surface area contributed by atoms with Gasteiger partial charge in [0, 0.05) is 22.9 Å². The smallest absolute Gasteiger partial charge is 0.243 e. The lowest BCUT2D eigenvalue weighted by Crippen LogP contribution is -2.59. The van der Waals surface area contributed by atoms with Crippen molar-refractivity contribution in [1.82, 2.24) is 21.3 Å². The van der Waals surface area contributed by atoms with Crippen LogP contribution >= 0.6 is 23.2 Å². The fraction of sp³-hybridized carbons (Fsp3) is 0.366. The Labute approximate surface area is 316 Å². The SMILES string of the molecule is CCC(=O)N[C@@H](Cc1ccc2ccccc2c1)C(=O)N[C@H](C(=O)N[C@@H](CCCCN)C(=O)NC(c1ccc(Cl)cc1)c1ccc(Cl)cc1)[C@@H](C)CC. The molecule has 4 rings (SSSR count). The molecule has 9 nitrogen and oxygen atoms in total. The van der Waals surface area contributed by atoms with Crippen LogP contribution in [-0.4, -0.2) is 48.3 Å². The standard InChI is InChI=1S/C41H49Cl2N5O4/c1-4-26(3)37(47-40(51)35(45-36(49)5-2)25-27-13-14-28-10-6-7-11-31(28)24-27)41(52)46-34(12-8-9-23-44)39(50)48-38(29-15-19-32(42)20-16-29)30-17-21-33(43)22-18-30/h6-7,10-11,13-22,24,26,34-35,37-38H,4-5,8-9,12,23,25,44H2,1-3H3,(H,45,49)(H,46,52)(H,47,51)(H,48,50)/t26-,34-,35-,37-/m0/s1. The van der Waals surface area contributed by atoms with Gasteiger partial charge >= 0.3 is 0 Å². The van der Waals surface area contributed by atoms with Crippen LogP contribution in [0.2, 0.25) is 10.0 Å². The number of unbranched alkanes of at least 4 members (excludes halogenated alkanes) is 1. The quantitative estimate of drug-likeness (QED) is 0.0727. The number of hydrogen-bond acceptors (Lipinski definition) is 5. The van der Waals surface area contributed by atoms with Gasteiger partial charge in [-0.1, -0.05) is 117 Å². The summed E-state index contributed by atoms with van der Waals surface area (Å²) in [5, 5.41) is 15.0. The van der Waals surface area contributed by atoms with Gasteiger partial charge in [0.1, 0.15) is 18.1 Å². The molecule has 0 unspecified atom stereocenters. The van der Waals surface area contributed by atoms with Crippen LogP contribution in [0.5, 0.6) is 0 Å². The fourth-order valence-electron chi connectivity index (χ4n) is 6.00. The number of nitrogens with two attached hydrogens (primary N) is 1. The molecule has 0 aliphatic heterocycles. The van der Waals surface area contributed by atoms with Crippen LogP contribution < -0.4 is 27.0 Å². The Bertz CT molecular complexity index is 1760. The molecule has 52 heavy (non-hydrogen) atoms. The summed E-state index contributed by atoms with van der Waals surface area (Å²) in [5.74, 6) is -1.92. The molecule has 4 amide bonds. The Morgan fingerprint density at radius 2 is 1.27 bits per heavy atom. The molecule has 0 fully saturated rings. The van der Waals surface area contributed by atoms with Crippen molar-refractivity contribution >= 4 is 57.6 Å². The van der Waals surface area contributed by atoms with Gasteiger partial charge in [-0.05, 0) is 83.5 Å². The van der Waals surface area contributed by atoms with Gasteiger partial charge in [-0.15, -0.1) is 0 Å². The molecule has 0 saturated carbocycles. The van der Waals surface area contributed by atoms with Crippen molar-refractivity contribution in [3.63, 3.8) is 0 Å². The van der Waals surface area contributed by atoms with E-state index in [4.69, 9.17) is 28.9 Å². The number of rotatable bonds is 18. The van der Waals surface area contributed by atoms with Gasteiger partial charge < -0.3 is 27.0 Å². The van der Waals surface area contributed by atoms with Crippen molar-refractivity contribution in [1.29, 1.82) is 0 Å². The van der Waals surface area contributed by atoms with Gasteiger partial charge in [-0.2, -0.15) is 0 Å². The maximum absolute atomic E-state index is 14.1. The number of nitrogens with one attached hydrogen (secondary N) is 4. The summed E-state index contributed by atoms with van der Waals surface area (Å²) in [4.78, 5) is 54.6. The van der Waals surface area contributed by atoms with Crippen molar-refractivity contribution in [3.05, 3.63) is 118 Å². The Kier molecular flexibility index (Phi) is 15.5. The monoisotopic (exact) mass is 745 g/mol. The molecule has 0 bridgehead atoms. The van der Waals surface area contributed by atoms with Gasteiger partial charge in [-0.25, -0.2) is 0 Å². The van der Waals surface area contributed by atoms with Crippen molar-refractivity contribution < 1.29 is 19.2 Å². The molecular weight excluding hydrogens is 697 g/mol. The first-order valence-electron chi connectivity index (χ1n) is 17.9. The average molecular weight is 747 g/mol. The number of carbonyl (C=O) groups is 4. The van der Waals surface area contributed by atoms with E-state index in [1.54, 1.807) is 31.2 Å². The minimum Gasteiger partial charge on any atom is -0.344 e. The van der Waals surface area contributed by atoms with Crippen LogP contribution in [-0.2, 0) is 25.6 Å². The fourth-order valence-corrected chi connectivity index (χ4v) is 6.25. The summed E-state index contributed by atoms with van der Waals surface area (Å²) < 4.78 is 0. The number of carbonyl (C=O) groups excluding carboxylic acids is 4. The van der Waals surface area contributed by atoms with E-state index in [2.05, 4.69) is 21.3 Å². The minimum absolute atomic E-state index is 0.198. The molecule has 0 aromatic heterocycles. The highest BCUT2D eigenvalue weighted by atomic mass is 35.5. The third-order valence-corrected chi connectivity index (χ3v) is 9.80. The lowest BCUT2D eigenvalue weighted by atomic mass is 9.95. The number of fused-ring (bicyclic) bond motifs is 1. The van der Waals surface area contributed by atoms with Crippen LogP contribution in [0.15, 0.2) is 91.0 Å². The predicted molar refractivity (Wildman–Crippen MR) is 209 cm³/mol. The molecule has 6 N–H and O–H groups in total. The van der Waals surface area contributed by atoms with Crippen molar-refractivity contribution in [2.24, 2.45) is 11.7 Å². The second-order valence-corrected chi connectivity index (χ2v) is 14.0. The van der Waals surface area contributed by atoms with Crippen LogP contribution in [0.3, 0.4) is 0 Å². The highest BCUT2D eigenvalue weighted by Crippen LogP contribution is 2.26. The first-order valence-corrected chi connectivity index (χ1v) is 18.7. The number of halogens is 2. The highest BCUT2D eigenvalue weighted by molar-refractivity contribution is 6.30. The van der Waals surface area contributed by atoms with Crippen molar-refractivity contribution in [3.8, 4) is 0 Å². The second kappa shape index (κ2) is 20.0. The lowest BCUT2D eigenvalue weighted by Gasteiger charge is -2.29. The molecule has 276 valence electrons. The molecule has 0 aliphatic carbocycles. The normalized spacial score (nSPS) is 13.5. The van der Waals surface area contributed by atoms with Gasteiger partial charge in [0.25, 0.3) is 0 Å². The first kappa shape index (κ1) is 40.3. The molecule has 0 heterocycles. The minimum atomic E-state index is -0.969. The molecule has 0 radical (unpaired) electrons. The van der Waals surface area contributed by atoms with E-state index in [9.17, 15) is 19.2 Å². The summed E-state index contributed by atoms with van der Waals surface area (Å²) in [6, 6.07) is 24.8.